The van der Waals surface area contributed by atoms with Crippen LogP contribution in [0.25, 0.3) is 0 Å². The molecule has 0 aromatic heterocycles. The van der Waals surface area contributed by atoms with E-state index in [0.717, 1.165) is 0 Å². The lowest BCUT2D eigenvalue weighted by atomic mass is 11.5. The molecule has 7 heavy (non-hydrogen) atoms. The molecule has 4 heteroatoms. The number of carboxylic acid groups (broad SMARTS) is 2. The van der Waals surface area contributed by atoms with Gasteiger partial charge in [-0.3, -0.25) is 0 Å². The van der Waals surface area contributed by atoms with Gasteiger partial charge in [-0.2, -0.15) is 10.1 Å². The van der Waals surface area contributed by atoms with Crippen LogP contribution in [-0.4, -0.2) is 36.7 Å². The Balaban J connectivity index is 0. The highest BCUT2D eigenvalue weighted by molar-refractivity contribution is 6.31. The van der Waals surface area contributed by atoms with E-state index in [1.807, 2.05) is 0 Å². The van der Waals surface area contributed by atoms with Crippen molar-refractivity contribution < 1.29 is 15.0 Å². The minimum atomic E-state index is -1.83. The number of hydrogen-bond acceptors (Lipinski definition) is 1. The average molecular weight is 116 g/mol. The molecule has 0 spiro atoms. The van der Waals surface area contributed by atoms with Crippen LogP contribution in [0, 0.1) is 0 Å². The Morgan fingerprint density at radius 2 is 1.43 bits per heavy atom. The molecule has 0 bridgehead atoms. The first-order valence-corrected chi connectivity index (χ1v) is 4.89. The number of rotatable bonds is 0. The number of hydrogen-bond donors (Lipinski definition) is 2. The Hall–Kier alpha value is 0.0362. The third-order valence-electron chi connectivity index (χ3n) is 0. The summed E-state index contributed by atoms with van der Waals surface area (Å²) in [6.07, 6.45) is -1.83. The molecule has 2 N–H and O–H groups in total. The average Bonchev–Trinajstić information content (AvgIpc) is 1.33. The zero-order valence-electron chi connectivity index (χ0n) is 4.51. The molecule has 3 nitrogen and oxygen atoms in total. The molecule has 0 amide bonds. The van der Waals surface area contributed by atoms with Crippen LogP contribution in [0.1, 0.15) is 0 Å². The number of carbonyl (C=O) groups is 1. The maximum absolute atomic E-state index is 8.56. The van der Waals surface area contributed by atoms with Crippen LogP contribution in [0.2, 0.25) is 10.1 Å². The molecule has 0 radical (unpaired) electrons. The molecule has 0 atom stereocenters. The Bertz CT molecular complexity index is 41.4. The molecule has 0 aromatic rings. The first-order valence-electron chi connectivity index (χ1n) is 2.07. The second-order valence-electron chi connectivity index (χ2n) is 0.990. The van der Waals surface area contributed by atoms with Crippen LogP contribution in [0.4, 0.5) is 4.79 Å². The molecule has 0 aliphatic carbocycles. The van der Waals surface area contributed by atoms with Gasteiger partial charge in [0.15, 0.2) is 0 Å². The molecular weight excluding hydrogens is 108 g/mol. The van der Waals surface area contributed by atoms with Crippen molar-refractivity contribution >= 4 is 26.5 Å². The predicted molar refractivity (Wildman–Crippen MR) is 28.1 cm³/mol. The fourth-order valence-corrected chi connectivity index (χ4v) is 0. The molecule has 40 valence electrons. The molecule has 0 aliphatic rings. The van der Waals surface area contributed by atoms with Crippen LogP contribution in [-0.2, 0) is 0 Å². The van der Waals surface area contributed by atoms with Crippen LogP contribution in [0.15, 0.2) is 0 Å². The van der Waals surface area contributed by atoms with E-state index >= 15 is 0 Å². The smallest absolute Gasteiger partial charge is 0.450 e. The van der Waals surface area contributed by atoms with Gasteiger partial charge >= 0.3 is 26.5 Å². The summed E-state index contributed by atoms with van der Waals surface area (Å²) in [7, 11) is 0. The molecule has 0 aliphatic heterocycles. The van der Waals surface area contributed by atoms with Crippen molar-refractivity contribution in [1.82, 2.24) is 0 Å². The topological polar surface area (TPSA) is 57.5 Å². The maximum atomic E-state index is 8.56. The van der Waals surface area contributed by atoms with Gasteiger partial charge in [0.25, 0.3) is 0 Å². The molecule has 0 heterocycles. The van der Waals surface area contributed by atoms with Gasteiger partial charge < -0.3 is 10.2 Å². The summed E-state index contributed by atoms with van der Waals surface area (Å²) in [6.45, 7) is 0. The minimum Gasteiger partial charge on any atom is -0.450 e. The third kappa shape index (κ3) is 74900. The molecular formula is C3H8MgO3. The molecule has 0 unspecified atom stereocenters. The largest absolute Gasteiger partial charge is 0.503 e. The second kappa shape index (κ2) is 9.40. The Morgan fingerprint density at radius 1 is 1.43 bits per heavy atom. The molecule has 0 saturated carbocycles. The standard InChI is InChI=1S/CH2O3.2CH3.Mg/c2-1(3)4;;;/h(H2,2,3,4);2*1H3;. The van der Waals surface area contributed by atoms with E-state index in [1.165, 1.54) is 0 Å². The summed E-state index contributed by atoms with van der Waals surface area (Å²) >= 11 is 0.417. The highest BCUT2D eigenvalue weighted by Gasteiger charge is 1.70. The summed E-state index contributed by atoms with van der Waals surface area (Å²) in [5, 5.41) is 18.5. The van der Waals surface area contributed by atoms with E-state index in [-0.39, 0.29) is 0 Å². The van der Waals surface area contributed by atoms with Crippen molar-refractivity contribution in [1.29, 1.82) is 0 Å². The van der Waals surface area contributed by atoms with Gasteiger partial charge in [0.2, 0.25) is 0 Å². The van der Waals surface area contributed by atoms with Gasteiger partial charge in [-0.15, -0.1) is 0 Å². The van der Waals surface area contributed by atoms with Crippen molar-refractivity contribution in [2.45, 2.75) is 10.1 Å². The zero-order valence-corrected chi connectivity index (χ0v) is 5.92. The van der Waals surface area contributed by atoms with E-state index in [2.05, 4.69) is 10.1 Å². The lowest BCUT2D eigenvalue weighted by molar-refractivity contribution is 0.137. The zero-order chi connectivity index (χ0) is 6.28. The Labute approximate surface area is 52.1 Å². The first-order chi connectivity index (χ1) is 3.15. The van der Waals surface area contributed by atoms with Crippen molar-refractivity contribution in [3.05, 3.63) is 0 Å². The lowest BCUT2D eigenvalue weighted by Crippen LogP contribution is -1.81. The quantitative estimate of drug-likeness (QED) is 0.464. The van der Waals surface area contributed by atoms with Gasteiger partial charge in [0.1, 0.15) is 0 Å². The van der Waals surface area contributed by atoms with E-state index in [9.17, 15) is 0 Å². The first kappa shape index (κ1) is 10.1. The van der Waals surface area contributed by atoms with Gasteiger partial charge in [-0.1, -0.05) is 0 Å². The second-order valence-corrected chi connectivity index (χ2v) is 2.40. The van der Waals surface area contributed by atoms with E-state index in [4.69, 9.17) is 15.0 Å². The summed E-state index contributed by atoms with van der Waals surface area (Å²) in [5.74, 6) is 0. The minimum absolute atomic E-state index is 0.417. The lowest BCUT2D eigenvalue weighted by Gasteiger charge is -1.60. The molecule has 0 saturated heterocycles. The molecule has 0 aromatic carbocycles. The fourth-order valence-electron chi connectivity index (χ4n) is 0. The predicted octanol–water partition coefficient (Wildman–Crippen LogP) is 1.01. The third-order valence-corrected chi connectivity index (χ3v) is 0. The van der Waals surface area contributed by atoms with Crippen molar-refractivity contribution in [2.24, 2.45) is 0 Å². The Morgan fingerprint density at radius 3 is 1.43 bits per heavy atom. The van der Waals surface area contributed by atoms with Crippen LogP contribution >= 0.6 is 0 Å². The van der Waals surface area contributed by atoms with E-state index in [0.29, 0.717) is 20.4 Å². The summed E-state index contributed by atoms with van der Waals surface area (Å²) in [6, 6.07) is 0. The maximum Gasteiger partial charge on any atom is 0.503 e. The fraction of sp³-hybridized carbons (Fsp3) is 0.667. The normalized spacial score (nSPS) is 4.86. The van der Waals surface area contributed by atoms with Crippen molar-refractivity contribution in [3.8, 4) is 0 Å². The van der Waals surface area contributed by atoms with Gasteiger partial charge in [0, 0.05) is 0 Å². The van der Waals surface area contributed by atoms with E-state index < -0.39 is 6.16 Å². The molecule has 0 fully saturated rings. The van der Waals surface area contributed by atoms with Crippen molar-refractivity contribution in [2.75, 3.05) is 0 Å². The summed E-state index contributed by atoms with van der Waals surface area (Å²) in [4.78, 5) is 8.56. The van der Waals surface area contributed by atoms with Crippen LogP contribution in [0.5, 0.6) is 0 Å². The van der Waals surface area contributed by atoms with Crippen LogP contribution < -0.4 is 0 Å². The summed E-state index contributed by atoms with van der Waals surface area (Å²) < 4.78 is 0. The Kier molecular flexibility index (Phi) is 13.6. The van der Waals surface area contributed by atoms with Crippen LogP contribution in [0.3, 0.4) is 0 Å². The highest BCUT2D eigenvalue weighted by atomic mass is 24.5. The van der Waals surface area contributed by atoms with E-state index in [1.54, 1.807) is 0 Å². The van der Waals surface area contributed by atoms with Gasteiger partial charge in [-0.25, -0.2) is 4.79 Å². The highest BCUT2D eigenvalue weighted by Crippen LogP contribution is 1.42. The van der Waals surface area contributed by atoms with Gasteiger partial charge in [-0.05, 0) is 0 Å². The van der Waals surface area contributed by atoms with Gasteiger partial charge in [0.05, 0.1) is 0 Å². The SMILES string of the molecule is O=C(O)O.[CH3][Mg][CH3]. The van der Waals surface area contributed by atoms with Crippen molar-refractivity contribution in [3.63, 3.8) is 0 Å². The monoisotopic (exact) mass is 116 g/mol. The molecule has 0 rings (SSSR count). The summed E-state index contributed by atoms with van der Waals surface area (Å²) in [5.41, 5.74) is 0.